The maximum Gasteiger partial charge on any atom is 0.295 e. The van der Waals surface area contributed by atoms with E-state index in [2.05, 4.69) is 9.71 Å². The number of para-hydroxylation sites is 1. The van der Waals surface area contributed by atoms with E-state index in [0.717, 1.165) is 5.69 Å². The van der Waals surface area contributed by atoms with Gasteiger partial charge in [-0.25, -0.2) is 4.68 Å². The van der Waals surface area contributed by atoms with Gasteiger partial charge >= 0.3 is 0 Å². The Hall–Kier alpha value is -3.66. The highest BCUT2D eigenvalue weighted by Crippen LogP contribution is 2.30. The Kier molecular flexibility index (Phi) is 5.40. The topological polar surface area (TPSA) is 106 Å². The summed E-state index contributed by atoms with van der Waals surface area (Å²) in [6.45, 7) is 2.81. The summed E-state index contributed by atoms with van der Waals surface area (Å²) in [5, 5.41) is 2.85. The molecule has 0 spiro atoms. The zero-order valence-electron chi connectivity index (χ0n) is 18.9. The molecule has 2 aliphatic rings. The van der Waals surface area contributed by atoms with Crippen molar-refractivity contribution in [1.29, 1.82) is 0 Å². The molecule has 2 aliphatic heterocycles. The van der Waals surface area contributed by atoms with Gasteiger partial charge in [0.2, 0.25) is 5.91 Å². The second-order valence-electron chi connectivity index (χ2n) is 8.57. The minimum atomic E-state index is -3.68. The third-order valence-corrected chi connectivity index (χ3v) is 7.91. The van der Waals surface area contributed by atoms with E-state index in [1.54, 1.807) is 42.9 Å². The molecule has 3 aromatic rings. The maximum atomic E-state index is 13.1. The molecule has 5 rings (SSSR count). The van der Waals surface area contributed by atoms with Crippen LogP contribution in [0.5, 0.6) is 0 Å². The minimum Gasteiger partial charge on any atom is -0.355 e. The summed E-state index contributed by atoms with van der Waals surface area (Å²) in [5.41, 5.74) is 1.99. The molecule has 0 radical (unpaired) electrons. The van der Waals surface area contributed by atoms with E-state index in [9.17, 15) is 18.0 Å². The highest BCUT2D eigenvalue weighted by molar-refractivity contribution is 7.90. The van der Waals surface area contributed by atoms with Crippen LogP contribution >= 0.6 is 0 Å². The molecule has 3 heterocycles. The second-order valence-corrected chi connectivity index (χ2v) is 10.1. The van der Waals surface area contributed by atoms with Crippen LogP contribution in [0.2, 0.25) is 0 Å². The van der Waals surface area contributed by atoms with Crippen LogP contribution < -0.4 is 10.9 Å². The number of hydrogen-bond donors (Lipinski definition) is 1. The van der Waals surface area contributed by atoms with E-state index in [0.29, 0.717) is 43.0 Å². The standard InChI is InChI=1S/C24H25N5O4S/c1-16-21(24(31)29(27(16)2)18-8-4-3-5-9-18)25-23(30)17-12-14-28(15-13-17)22-19-10-6-7-11-20(19)34(32,33)26-22/h3-11,17H,12-15H2,1-2H3,(H,25,30). The lowest BCUT2D eigenvalue weighted by Crippen LogP contribution is -2.41. The number of carbonyl (C=O) groups excluding carboxylic acids is 1. The van der Waals surface area contributed by atoms with Gasteiger partial charge in [-0.3, -0.25) is 14.3 Å². The fourth-order valence-corrected chi connectivity index (χ4v) is 5.84. The first kappa shape index (κ1) is 22.1. The second kappa shape index (κ2) is 8.28. The number of sulfonamides is 1. The van der Waals surface area contributed by atoms with Crippen molar-refractivity contribution in [2.75, 3.05) is 18.4 Å². The predicted molar refractivity (Wildman–Crippen MR) is 129 cm³/mol. The molecule has 2 aromatic carbocycles. The number of hydrogen-bond acceptors (Lipinski definition) is 5. The Bertz CT molecular complexity index is 1460. The number of carbonyl (C=O) groups is 1. The highest BCUT2D eigenvalue weighted by atomic mass is 32.2. The summed E-state index contributed by atoms with van der Waals surface area (Å²) in [5.74, 6) is -0.0413. The predicted octanol–water partition coefficient (Wildman–Crippen LogP) is 2.28. The van der Waals surface area contributed by atoms with Gasteiger partial charge in [-0.05, 0) is 44.0 Å². The molecule has 9 nitrogen and oxygen atoms in total. The zero-order chi connectivity index (χ0) is 24.0. The number of rotatable bonds is 3. The number of nitrogens with one attached hydrogen (secondary N) is 1. The Balaban J connectivity index is 1.31. The first-order valence-corrected chi connectivity index (χ1v) is 12.6. The van der Waals surface area contributed by atoms with Gasteiger partial charge < -0.3 is 10.2 Å². The summed E-state index contributed by atoms with van der Waals surface area (Å²) in [6, 6.07) is 16.1. The van der Waals surface area contributed by atoms with Crippen LogP contribution in [0, 0.1) is 12.8 Å². The van der Waals surface area contributed by atoms with Crippen LogP contribution in [-0.2, 0) is 21.9 Å². The number of nitrogens with zero attached hydrogens (tertiary/aromatic N) is 4. The fourth-order valence-electron chi connectivity index (χ4n) is 4.61. The van der Waals surface area contributed by atoms with Crippen molar-refractivity contribution in [3.8, 4) is 5.69 Å². The molecule has 1 amide bonds. The molecule has 10 heteroatoms. The van der Waals surface area contributed by atoms with Gasteiger partial charge in [0.05, 0.1) is 11.4 Å². The average molecular weight is 480 g/mol. The molecule has 176 valence electrons. The van der Waals surface area contributed by atoms with Gasteiger partial charge in [0.15, 0.2) is 5.84 Å². The Morgan fingerprint density at radius 3 is 2.38 bits per heavy atom. The number of piperidine rings is 1. The number of likely N-dealkylation sites (tertiary alicyclic amines) is 1. The SMILES string of the molecule is Cc1c(NC(=O)C2CCN(C3=NS(=O)(=O)c4ccccc43)CC2)c(=O)n(-c2ccccc2)n1C. The highest BCUT2D eigenvalue weighted by Gasteiger charge is 2.34. The first-order valence-electron chi connectivity index (χ1n) is 11.1. The van der Waals surface area contributed by atoms with E-state index in [1.165, 1.54) is 4.68 Å². The summed E-state index contributed by atoms with van der Waals surface area (Å²) < 4.78 is 32.0. The molecule has 1 N–H and O–H groups in total. The third kappa shape index (κ3) is 3.63. The van der Waals surface area contributed by atoms with E-state index in [4.69, 9.17) is 0 Å². The van der Waals surface area contributed by atoms with Crippen molar-refractivity contribution in [3.63, 3.8) is 0 Å². The minimum absolute atomic E-state index is 0.202. The van der Waals surface area contributed by atoms with E-state index >= 15 is 0 Å². The molecular weight excluding hydrogens is 454 g/mol. The molecule has 0 saturated carbocycles. The molecule has 0 unspecified atom stereocenters. The van der Waals surface area contributed by atoms with Crippen molar-refractivity contribution >= 4 is 27.5 Å². The summed E-state index contributed by atoms with van der Waals surface area (Å²) in [6.07, 6.45) is 1.07. The van der Waals surface area contributed by atoms with Crippen LogP contribution in [0.15, 0.2) is 68.7 Å². The first-order chi connectivity index (χ1) is 16.3. The van der Waals surface area contributed by atoms with Gasteiger partial charge in [-0.15, -0.1) is 4.40 Å². The molecule has 0 aliphatic carbocycles. The lowest BCUT2D eigenvalue weighted by molar-refractivity contribution is -0.121. The van der Waals surface area contributed by atoms with Gasteiger partial charge in [-0.2, -0.15) is 8.42 Å². The number of fused-ring (bicyclic) bond motifs is 1. The van der Waals surface area contributed by atoms with Crippen LogP contribution in [0.4, 0.5) is 5.69 Å². The largest absolute Gasteiger partial charge is 0.355 e. The fraction of sp³-hybridized carbons (Fsp3) is 0.292. The van der Waals surface area contributed by atoms with Gasteiger partial charge in [-0.1, -0.05) is 30.3 Å². The summed E-state index contributed by atoms with van der Waals surface area (Å²) in [4.78, 5) is 28.3. The van der Waals surface area contributed by atoms with Crippen LogP contribution in [0.1, 0.15) is 24.1 Å². The van der Waals surface area contributed by atoms with Gasteiger partial charge in [0.1, 0.15) is 10.6 Å². The van der Waals surface area contributed by atoms with Crippen molar-refractivity contribution in [3.05, 3.63) is 76.2 Å². The lowest BCUT2D eigenvalue weighted by Gasteiger charge is -2.32. The van der Waals surface area contributed by atoms with Gasteiger partial charge in [0.25, 0.3) is 15.6 Å². The molecular formula is C24H25N5O4S. The molecule has 1 aromatic heterocycles. The number of amides is 1. The maximum absolute atomic E-state index is 13.1. The quantitative estimate of drug-likeness (QED) is 0.621. The number of benzene rings is 2. The Labute approximate surface area is 197 Å². The summed E-state index contributed by atoms with van der Waals surface area (Å²) in [7, 11) is -1.90. The number of amidine groups is 1. The van der Waals surface area contributed by atoms with Crippen LogP contribution in [0.25, 0.3) is 5.69 Å². The number of anilines is 1. The molecule has 1 saturated heterocycles. The zero-order valence-corrected chi connectivity index (χ0v) is 19.7. The molecule has 34 heavy (non-hydrogen) atoms. The molecule has 1 fully saturated rings. The smallest absolute Gasteiger partial charge is 0.295 e. The molecule has 0 bridgehead atoms. The van der Waals surface area contributed by atoms with E-state index in [1.807, 2.05) is 35.2 Å². The van der Waals surface area contributed by atoms with Crippen LogP contribution in [0.3, 0.4) is 0 Å². The van der Waals surface area contributed by atoms with Crippen molar-refractivity contribution < 1.29 is 13.2 Å². The Morgan fingerprint density at radius 1 is 1.03 bits per heavy atom. The lowest BCUT2D eigenvalue weighted by atomic mass is 9.95. The average Bonchev–Trinajstić information content (AvgIpc) is 3.24. The third-order valence-electron chi connectivity index (χ3n) is 6.58. The van der Waals surface area contributed by atoms with Crippen molar-refractivity contribution in [2.24, 2.45) is 17.4 Å². The van der Waals surface area contributed by atoms with Gasteiger partial charge in [0, 0.05) is 31.6 Å². The van der Waals surface area contributed by atoms with Crippen molar-refractivity contribution in [2.45, 2.75) is 24.7 Å². The monoisotopic (exact) mass is 479 g/mol. The van der Waals surface area contributed by atoms with Crippen molar-refractivity contribution in [1.82, 2.24) is 14.3 Å². The molecule has 0 atom stereocenters. The Morgan fingerprint density at radius 2 is 1.68 bits per heavy atom. The van der Waals surface area contributed by atoms with Crippen LogP contribution in [-0.4, -0.2) is 47.5 Å². The van der Waals surface area contributed by atoms with E-state index < -0.39 is 10.0 Å². The van der Waals surface area contributed by atoms with E-state index in [-0.39, 0.29) is 28.0 Å². The normalized spacial score (nSPS) is 17.4. The number of aromatic nitrogens is 2. The summed E-state index contributed by atoms with van der Waals surface area (Å²) >= 11 is 0.